The minimum atomic E-state index is -0.685. The van der Waals surface area contributed by atoms with Crippen molar-refractivity contribution in [3.63, 3.8) is 0 Å². The number of benzene rings is 2. The molecule has 146 valence electrons. The number of hydrogen-bond donors (Lipinski definition) is 2. The molecule has 1 aliphatic carbocycles. The van der Waals surface area contributed by atoms with Crippen molar-refractivity contribution < 1.29 is 23.9 Å². The number of halogens is 1. The number of para-hydroxylation sites is 1. The number of nitrogens with one attached hydrogen (secondary N) is 2. The van der Waals surface area contributed by atoms with E-state index >= 15 is 0 Å². The molecule has 1 aliphatic rings. The third-order valence-corrected chi connectivity index (χ3v) is 4.40. The Labute approximate surface area is 170 Å². The van der Waals surface area contributed by atoms with Gasteiger partial charge in [0.1, 0.15) is 11.3 Å². The molecule has 1 saturated carbocycles. The van der Waals surface area contributed by atoms with Gasteiger partial charge in [0.25, 0.3) is 11.8 Å². The molecular weight excluding hydrogens is 428 g/mol. The Morgan fingerprint density at radius 3 is 2.39 bits per heavy atom. The van der Waals surface area contributed by atoms with E-state index in [2.05, 4.69) is 26.6 Å². The lowest BCUT2D eigenvalue weighted by Gasteiger charge is -2.11. The lowest BCUT2D eigenvalue weighted by atomic mass is 10.2. The summed E-state index contributed by atoms with van der Waals surface area (Å²) in [6, 6.07) is 13.7. The van der Waals surface area contributed by atoms with E-state index in [9.17, 15) is 14.4 Å². The number of amides is 2. The van der Waals surface area contributed by atoms with Gasteiger partial charge in [-0.1, -0.05) is 28.1 Å². The van der Waals surface area contributed by atoms with Crippen LogP contribution in [0.1, 0.15) is 23.2 Å². The number of ether oxygens (including phenoxy) is 2. The minimum absolute atomic E-state index is 0.151. The van der Waals surface area contributed by atoms with Gasteiger partial charge in [0.15, 0.2) is 13.2 Å². The maximum Gasteiger partial charge on any atom is 0.342 e. The van der Waals surface area contributed by atoms with Crippen LogP contribution >= 0.6 is 15.9 Å². The van der Waals surface area contributed by atoms with E-state index in [1.54, 1.807) is 42.5 Å². The van der Waals surface area contributed by atoms with E-state index < -0.39 is 5.97 Å². The minimum Gasteiger partial charge on any atom is -0.483 e. The summed E-state index contributed by atoms with van der Waals surface area (Å²) < 4.78 is 11.4. The van der Waals surface area contributed by atoms with Crippen LogP contribution in [-0.4, -0.2) is 37.0 Å². The summed E-state index contributed by atoms with van der Waals surface area (Å²) in [7, 11) is 0. The van der Waals surface area contributed by atoms with E-state index in [-0.39, 0.29) is 42.4 Å². The number of anilines is 1. The Bertz CT molecular complexity index is 865. The lowest BCUT2D eigenvalue weighted by Crippen LogP contribution is -2.30. The lowest BCUT2D eigenvalue weighted by molar-refractivity contribution is -0.124. The molecule has 0 saturated heterocycles. The fourth-order valence-corrected chi connectivity index (χ4v) is 2.60. The zero-order valence-electron chi connectivity index (χ0n) is 14.9. The van der Waals surface area contributed by atoms with Crippen LogP contribution in [0.5, 0.6) is 5.75 Å². The second kappa shape index (κ2) is 9.36. The normalized spacial score (nSPS) is 12.8. The van der Waals surface area contributed by atoms with Crippen LogP contribution < -0.4 is 15.4 Å². The van der Waals surface area contributed by atoms with Crippen LogP contribution in [0.25, 0.3) is 0 Å². The number of carbonyl (C=O) groups is 3. The highest BCUT2D eigenvalue weighted by Gasteiger charge is 2.24. The van der Waals surface area contributed by atoms with Crippen molar-refractivity contribution in [3.05, 3.63) is 58.6 Å². The second-order valence-corrected chi connectivity index (χ2v) is 7.17. The SMILES string of the molecule is O=C(COc1ccccc1C(=O)OCC(=O)NC1CC1)Nc1ccc(Br)cc1. The Morgan fingerprint density at radius 1 is 0.964 bits per heavy atom. The van der Waals surface area contributed by atoms with Crippen molar-refractivity contribution in [2.24, 2.45) is 0 Å². The molecule has 2 aromatic carbocycles. The molecule has 7 nitrogen and oxygen atoms in total. The molecule has 1 fully saturated rings. The van der Waals surface area contributed by atoms with Gasteiger partial charge in [-0.2, -0.15) is 0 Å². The van der Waals surface area contributed by atoms with Crippen LogP contribution in [-0.2, 0) is 14.3 Å². The fourth-order valence-electron chi connectivity index (χ4n) is 2.34. The first-order valence-electron chi connectivity index (χ1n) is 8.75. The Balaban J connectivity index is 1.52. The van der Waals surface area contributed by atoms with E-state index in [0.29, 0.717) is 5.69 Å². The average molecular weight is 447 g/mol. The van der Waals surface area contributed by atoms with Gasteiger partial charge < -0.3 is 20.1 Å². The quantitative estimate of drug-likeness (QED) is 0.608. The molecule has 2 aromatic rings. The third-order valence-electron chi connectivity index (χ3n) is 3.87. The summed E-state index contributed by atoms with van der Waals surface area (Å²) in [6.45, 7) is -0.629. The molecule has 0 spiro atoms. The van der Waals surface area contributed by atoms with E-state index in [4.69, 9.17) is 9.47 Å². The Hall–Kier alpha value is -2.87. The van der Waals surface area contributed by atoms with Gasteiger partial charge in [-0.05, 0) is 49.2 Å². The summed E-state index contributed by atoms with van der Waals surface area (Å²) in [4.78, 5) is 36.0. The zero-order valence-corrected chi connectivity index (χ0v) is 16.5. The number of esters is 1. The van der Waals surface area contributed by atoms with Crippen LogP contribution in [0.3, 0.4) is 0 Å². The summed E-state index contributed by atoms with van der Waals surface area (Å²) in [6.07, 6.45) is 1.91. The molecule has 0 unspecified atom stereocenters. The summed E-state index contributed by atoms with van der Waals surface area (Å²) in [5, 5.41) is 5.44. The van der Waals surface area contributed by atoms with Gasteiger partial charge in [0, 0.05) is 16.2 Å². The van der Waals surface area contributed by atoms with E-state index in [1.807, 2.05) is 0 Å². The molecule has 3 rings (SSSR count). The van der Waals surface area contributed by atoms with Crippen molar-refractivity contribution in [3.8, 4) is 5.75 Å². The first-order valence-corrected chi connectivity index (χ1v) is 9.54. The largest absolute Gasteiger partial charge is 0.483 e. The topological polar surface area (TPSA) is 93.7 Å². The van der Waals surface area contributed by atoms with Crippen molar-refractivity contribution in [2.45, 2.75) is 18.9 Å². The van der Waals surface area contributed by atoms with Gasteiger partial charge in [0.05, 0.1) is 0 Å². The van der Waals surface area contributed by atoms with Crippen LogP contribution in [0.4, 0.5) is 5.69 Å². The second-order valence-electron chi connectivity index (χ2n) is 6.26. The zero-order chi connectivity index (χ0) is 19.9. The van der Waals surface area contributed by atoms with E-state index in [0.717, 1.165) is 17.3 Å². The van der Waals surface area contributed by atoms with Gasteiger partial charge in [-0.15, -0.1) is 0 Å². The summed E-state index contributed by atoms with van der Waals surface area (Å²) in [5.74, 6) is -1.17. The molecule has 2 amide bonds. The molecule has 0 aromatic heterocycles. The number of hydrogen-bond acceptors (Lipinski definition) is 5. The maximum atomic E-state index is 12.3. The van der Waals surface area contributed by atoms with Crippen molar-refractivity contribution >= 4 is 39.4 Å². The van der Waals surface area contributed by atoms with Gasteiger partial charge in [-0.25, -0.2) is 4.79 Å². The summed E-state index contributed by atoms with van der Waals surface area (Å²) in [5.41, 5.74) is 0.782. The van der Waals surface area contributed by atoms with E-state index in [1.165, 1.54) is 6.07 Å². The van der Waals surface area contributed by atoms with Gasteiger partial charge in [0.2, 0.25) is 0 Å². The highest BCUT2D eigenvalue weighted by molar-refractivity contribution is 9.10. The first kappa shape index (κ1) is 19.9. The molecule has 28 heavy (non-hydrogen) atoms. The molecular formula is C20H19BrN2O5. The molecule has 0 aliphatic heterocycles. The third kappa shape index (κ3) is 6.09. The van der Waals surface area contributed by atoms with Crippen molar-refractivity contribution in [1.82, 2.24) is 5.32 Å². The monoisotopic (exact) mass is 446 g/mol. The summed E-state index contributed by atoms with van der Waals surface area (Å²) >= 11 is 3.32. The number of rotatable bonds is 8. The Kier molecular flexibility index (Phi) is 6.65. The van der Waals surface area contributed by atoms with Crippen LogP contribution in [0.2, 0.25) is 0 Å². The van der Waals surface area contributed by atoms with Crippen LogP contribution in [0.15, 0.2) is 53.0 Å². The average Bonchev–Trinajstić information content (AvgIpc) is 3.50. The molecule has 8 heteroatoms. The highest BCUT2D eigenvalue weighted by atomic mass is 79.9. The molecule has 0 radical (unpaired) electrons. The highest BCUT2D eigenvalue weighted by Crippen LogP contribution is 2.20. The number of carbonyl (C=O) groups excluding carboxylic acids is 3. The molecule has 0 heterocycles. The van der Waals surface area contributed by atoms with Gasteiger partial charge in [-0.3, -0.25) is 9.59 Å². The predicted octanol–water partition coefficient (Wildman–Crippen LogP) is 2.90. The maximum absolute atomic E-state index is 12.3. The molecule has 0 bridgehead atoms. The first-order chi connectivity index (χ1) is 13.5. The predicted molar refractivity (Wildman–Crippen MR) is 106 cm³/mol. The Morgan fingerprint density at radius 2 is 1.68 bits per heavy atom. The van der Waals surface area contributed by atoms with Crippen molar-refractivity contribution in [2.75, 3.05) is 18.5 Å². The van der Waals surface area contributed by atoms with Crippen LogP contribution in [0, 0.1) is 0 Å². The fraction of sp³-hybridized carbons (Fsp3) is 0.250. The standard InChI is InChI=1S/C20H19BrN2O5/c21-13-5-7-14(8-6-13)22-18(24)11-27-17-4-2-1-3-16(17)20(26)28-12-19(25)23-15-9-10-15/h1-8,15H,9-12H2,(H,22,24)(H,23,25). The van der Waals surface area contributed by atoms with Gasteiger partial charge >= 0.3 is 5.97 Å². The smallest absolute Gasteiger partial charge is 0.342 e. The molecule has 2 N–H and O–H groups in total. The molecule has 0 atom stereocenters. The van der Waals surface area contributed by atoms with Crippen molar-refractivity contribution in [1.29, 1.82) is 0 Å².